The molecule has 1 N–H and O–H groups in total. The van der Waals surface area contributed by atoms with E-state index in [9.17, 15) is 31.2 Å². The molecule has 2 fully saturated rings. The highest BCUT2D eigenvalue weighted by atomic mass is 32.2. The van der Waals surface area contributed by atoms with Gasteiger partial charge in [-0.05, 0) is 66.9 Å². The van der Waals surface area contributed by atoms with E-state index in [2.05, 4.69) is 14.4 Å². The summed E-state index contributed by atoms with van der Waals surface area (Å²) in [6.07, 6.45) is -2.62. The first-order valence-electron chi connectivity index (χ1n) is 11.0. The zero-order valence-electron chi connectivity index (χ0n) is 19.0. The second kappa shape index (κ2) is 8.76. The number of alkyl halides is 3. The van der Waals surface area contributed by atoms with Crippen LogP contribution in [0.1, 0.15) is 18.4 Å². The molecule has 0 radical (unpaired) electrons. The van der Waals surface area contributed by atoms with Gasteiger partial charge in [0, 0.05) is 12.7 Å². The first-order valence-corrected chi connectivity index (χ1v) is 12.5. The van der Waals surface area contributed by atoms with Crippen molar-refractivity contribution in [3.8, 4) is 5.75 Å². The highest BCUT2D eigenvalue weighted by Crippen LogP contribution is 2.49. The van der Waals surface area contributed by atoms with Crippen LogP contribution in [0.3, 0.4) is 0 Å². The lowest BCUT2D eigenvalue weighted by Crippen LogP contribution is -2.36. The number of carbonyl (C=O) groups is 2. The van der Waals surface area contributed by atoms with Gasteiger partial charge in [-0.25, -0.2) is 23.1 Å². The topological polar surface area (TPSA) is 109 Å². The lowest BCUT2D eigenvalue weighted by Gasteiger charge is -2.21. The number of hydrogen-bond acceptors (Lipinski definition) is 6. The lowest BCUT2D eigenvalue weighted by atomic mass is 10.2. The van der Waals surface area contributed by atoms with Crippen molar-refractivity contribution in [1.29, 1.82) is 0 Å². The number of amides is 3. The Hall–Kier alpha value is -4.13. The minimum absolute atomic E-state index is 0.00107. The second-order valence-electron chi connectivity index (χ2n) is 8.55. The molecular weight excluding hydrogens is 513 g/mol. The fraction of sp³-hybridized carbons (Fsp3) is 0.208. The van der Waals surface area contributed by atoms with Crippen LogP contribution in [0.15, 0.2) is 77.8 Å². The van der Waals surface area contributed by atoms with Crippen molar-refractivity contribution in [3.05, 3.63) is 78.5 Å². The third-order valence-electron chi connectivity index (χ3n) is 6.05. The summed E-state index contributed by atoms with van der Waals surface area (Å²) < 4.78 is 68.9. The number of ether oxygens (including phenoxy) is 1. The van der Waals surface area contributed by atoms with Gasteiger partial charge in [0.25, 0.3) is 15.9 Å². The number of sulfonamides is 1. The van der Waals surface area contributed by atoms with Crippen LogP contribution >= 0.6 is 0 Å². The molecule has 0 atom stereocenters. The van der Waals surface area contributed by atoms with Gasteiger partial charge in [0.15, 0.2) is 0 Å². The maximum absolute atomic E-state index is 13.3. The molecule has 2 aliphatic rings. The minimum Gasteiger partial charge on any atom is -0.406 e. The van der Waals surface area contributed by atoms with Gasteiger partial charge in [-0.1, -0.05) is 18.2 Å². The smallest absolute Gasteiger partial charge is 0.406 e. The average Bonchev–Trinajstić information content (AvgIpc) is 3.62. The summed E-state index contributed by atoms with van der Waals surface area (Å²) in [6, 6.07) is 14.7. The van der Waals surface area contributed by atoms with Gasteiger partial charge in [-0.3, -0.25) is 9.52 Å². The summed E-state index contributed by atoms with van der Waals surface area (Å²) in [5, 5.41) is 0. The zero-order valence-corrected chi connectivity index (χ0v) is 19.8. The number of pyridine rings is 1. The van der Waals surface area contributed by atoms with Gasteiger partial charge in [0.2, 0.25) is 0 Å². The first kappa shape index (κ1) is 24.6. The standard InChI is InChI=1S/C24H19F3N4O5S/c25-24(26,27)36-18-8-6-17(7-9-18)31-21(32)23(11-12-23)30(22(31)33)15-16-10-13-28-20(14-16)29-37(34,35)19-4-2-1-3-5-19/h1-10,13-14H,11-12,15H2,(H,28,29). The molecule has 1 aliphatic heterocycles. The quantitative estimate of drug-likeness (QED) is 0.455. The van der Waals surface area contributed by atoms with Crippen molar-refractivity contribution in [2.24, 2.45) is 0 Å². The molecule has 1 aromatic heterocycles. The van der Waals surface area contributed by atoms with Gasteiger partial charge >= 0.3 is 12.4 Å². The van der Waals surface area contributed by atoms with Crippen LogP contribution in [0.5, 0.6) is 5.75 Å². The van der Waals surface area contributed by atoms with Crippen molar-refractivity contribution in [2.45, 2.75) is 36.2 Å². The summed E-state index contributed by atoms with van der Waals surface area (Å²) in [6.45, 7) is -0.00107. The number of anilines is 2. The molecule has 0 unspecified atom stereocenters. The van der Waals surface area contributed by atoms with E-state index in [4.69, 9.17) is 0 Å². The van der Waals surface area contributed by atoms with E-state index < -0.39 is 39.6 Å². The summed E-state index contributed by atoms with van der Waals surface area (Å²) in [4.78, 5) is 32.9. The molecule has 9 nitrogen and oxygen atoms in total. The molecule has 5 rings (SSSR count). The number of aromatic nitrogens is 1. The van der Waals surface area contributed by atoms with Gasteiger partial charge < -0.3 is 9.64 Å². The molecule has 2 heterocycles. The van der Waals surface area contributed by atoms with E-state index in [1.54, 1.807) is 24.3 Å². The largest absolute Gasteiger partial charge is 0.573 e. The van der Waals surface area contributed by atoms with Crippen LogP contribution < -0.4 is 14.4 Å². The molecule has 1 saturated heterocycles. The number of imide groups is 1. The number of halogens is 3. The average molecular weight is 533 g/mol. The number of urea groups is 1. The zero-order chi connectivity index (χ0) is 26.4. The minimum atomic E-state index is -4.87. The Kier molecular flexibility index (Phi) is 5.82. The van der Waals surface area contributed by atoms with E-state index >= 15 is 0 Å². The normalized spacial score (nSPS) is 16.8. The molecule has 3 aromatic rings. The highest BCUT2D eigenvalue weighted by Gasteiger charge is 2.65. The Morgan fingerprint density at radius 2 is 1.68 bits per heavy atom. The predicted octanol–water partition coefficient (Wildman–Crippen LogP) is 4.28. The summed E-state index contributed by atoms with van der Waals surface area (Å²) in [5.74, 6) is -0.905. The molecule has 0 bridgehead atoms. The van der Waals surface area contributed by atoms with Gasteiger partial charge in [0.1, 0.15) is 17.1 Å². The molecule has 13 heteroatoms. The maximum Gasteiger partial charge on any atom is 0.573 e. The SMILES string of the molecule is O=C1N(c2ccc(OC(F)(F)F)cc2)C(=O)C2(CC2)N1Cc1ccnc(NS(=O)(=O)c2ccccc2)c1. The van der Waals surface area contributed by atoms with Crippen molar-refractivity contribution in [3.63, 3.8) is 0 Å². The number of carbonyl (C=O) groups excluding carboxylic acids is 2. The Bertz CT molecular complexity index is 1460. The predicted molar refractivity (Wildman–Crippen MR) is 125 cm³/mol. The highest BCUT2D eigenvalue weighted by molar-refractivity contribution is 7.92. The fourth-order valence-electron chi connectivity index (χ4n) is 4.17. The van der Waals surface area contributed by atoms with Crippen LogP contribution in [-0.4, -0.2) is 42.1 Å². The van der Waals surface area contributed by atoms with Crippen molar-refractivity contribution >= 4 is 33.5 Å². The third-order valence-corrected chi connectivity index (χ3v) is 7.42. The Morgan fingerprint density at radius 1 is 1.00 bits per heavy atom. The fourth-order valence-corrected chi connectivity index (χ4v) is 5.19. The number of nitrogens with zero attached hydrogens (tertiary/aromatic N) is 3. The summed E-state index contributed by atoms with van der Waals surface area (Å²) >= 11 is 0. The number of hydrogen-bond donors (Lipinski definition) is 1. The lowest BCUT2D eigenvalue weighted by molar-refractivity contribution is -0.274. The van der Waals surface area contributed by atoms with Crippen molar-refractivity contribution in [2.75, 3.05) is 9.62 Å². The maximum atomic E-state index is 13.3. The van der Waals surface area contributed by atoms with Crippen LogP contribution in [0, 0.1) is 0 Å². The molecule has 3 amide bonds. The first-order chi connectivity index (χ1) is 17.5. The monoisotopic (exact) mass is 532 g/mol. The van der Waals surface area contributed by atoms with Crippen LogP contribution in [0.4, 0.5) is 29.5 Å². The van der Waals surface area contributed by atoms with Gasteiger partial charge in [0.05, 0.1) is 10.6 Å². The number of nitrogens with one attached hydrogen (secondary N) is 1. The van der Waals surface area contributed by atoms with E-state index in [1.165, 1.54) is 41.4 Å². The molecule has 2 aromatic carbocycles. The van der Waals surface area contributed by atoms with Crippen LogP contribution in [0.2, 0.25) is 0 Å². The number of benzene rings is 2. The molecule has 1 saturated carbocycles. The Labute approximate surface area is 209 Å². The number of rotatable bonds is 7. The van der Waals surface area contributed by atoms with Crippen LogP contribution in [0.25, 0.3) is 0 Å². The molecule has 192 valence electrons. The summed E-state index contributed by atoms with van der Waals surface area (Å²) in [5.41, 5.74) is -0.404. The third kappa shape index (κ3) is 4.81. The molecular formula is C24H19F3N4O5S. The van der Waals surface area contributed by atoms with Gasteiger partial charge in [-0.2, -0.15) is 0 Å². The Morgan fingerprint density at radius 3 is 2.30 bits per heavy atom. The van der Waals surface area contributed by atoms with Crippen molar-refractivity contribution in [1.82, 2.24) is 9.88 Å². The van der Waals surface area contributed by atoms with Gasteiger partial charge in [-0.15, -0.1) is 13.2 Å². The molecule has 1 spiro atoms. The second-order valence-corrected chi connectivity index (χ2v) is 10.2. The van der Waals surface area contributed by atoms with Crippen molar-refractivity contribution < 1.29 is 35.9 Å². The van der Waals surface area contributed by atoms with E-state index in [0.717, 1.165) is 17.0 Å². The Balaban J connectivity index is 1.35. The summed E-state index contributed by atoms with van der Waals surface area (Å²) in [7, 11) is -3.88. The molecule has 1 aliphatic carbocycles. The van der Waals surface area contributed by atoms with E-state index in [1.807, 2.05) is 0 Å². The van der Waals surface area contributed by atoms with Crippen LogP contribution in [-0.2, 0) is 21.4 Å². The van der Waals surface area contributed by atoms with E-state index in [0.29, 0.717) is 18.4 Å². The van der Waals surface area contributed by atoms with E-state index in [-0.39, 0.29) is 22.9 Å². The molecule has 37 heavy (non-hydrogen) atoms.